The number of fused-ring (bicyclic) bond motifs is 1. The summed E-state index contributed by atoms with van der Waals surface area (Å²) < 4.78 is 0. The van der Waals surface area contributed by atoms with E-state index in [-0.39, 0.29) is 6.03 Å². The molecule has 5 nitrogen and oxygen atoms in total. The highest BCUT2D eigenvalue weighted by Crippen LogP contribution is 2.29. The van der Waals surface area contributed by atoms with Gasteiger partial charge in [-0.15, -0.1) is 0 Å². The predicted molar refractivity (Wildman–Crippen MR) is 72.7 cm³/mol. The van der Waals surface area contributed by atoms with Gasteiger partial charge >= 0.3 is 12.2 Å². The van der Waals surface area contributed by atoms with Crippen molar-refractivity contribution in [3.8, 4) is 0 Å². The molecule has 1 fully saturated rings. The summed E-state index contributed by atoms with van der Waals surface area (Å²) >= 11 is 0. The first-order chi connectivity index (χ1) is 9.20. The molecular formula is C14H12N4O. The van der Waals surface area contributed by atoms with Gasteiger partial charge in [0.05, 0.1) is 11.9 Å². The lowest BCUT2D eigenvalue weighted by molar-refractivity contribution is 0.252. The molecule has 19 heavy (non-hydrogen) atoms. The van der Waals surface area contributed by atoms with Crippen LogP contribution in [0.15, 0.2) is 30.6 Å². The molecule has 3 rings (SSSR count). The summed E-state index contributed by atoms with van der Waals surface area (Å²) in [5, 5.41) is 4.60. The number of anilines is 1. The molecule has 2 heterocycles. The van der Waals surface area contributed by atoms with Crippen LogP contribution in [0.3, 0.4) is 0 Å². The number of aromatic nitrogens is 1. The number of aryl methyl sites for hydroxylation is 1. The van der Waals surface area contributed by atoms with Crippen LogP contribution >= 0.6 is 0 Å². The van der Waals surface area contributed by atoms with Crippen LogP contribution in [-0.4, -0.2) is 23.7 Å². The minimum atomic E-state index is -0.500. The molecule has 1 aliphatic heterocycles. The summed E-state index contributed by atoms with van der Waals surface area (Å²) in [6.07, 6.45) is 2.91. The first-order valence-electron chi connectivity index (χ1n) is 5.98. The normalized spacial score (nSPS) is 18.4. The van der Waals surface area contributed by atoms with Gasteiger partial charge < -0.3 is 5.32 Å². The summed E-state index contributed by atoms with van der Waals surface area (Å²) in [5.74, 6) is 0. The second-order valence-electron chi connectivity index (χ2n) is 4.55. The highest BCUT2D eigenvalue weighted by Gasteiger charge is 2.37. The van der Waals surface area contributed by atoms with Crippen molar-refractivity contribution in [2.24, 2.45) is 0 Å². The SMILES string of the molecule is [C-]#[N+]C1CNC(=O)N1c1cncc2ccc(C)cc12. The van der Waals surface area contributed by atoms with E-state index in [1.807, 2.05) is 25.1 Å². The van der Waals surface area contributed by atoms with Crippen molar-refractivity contribution in [2.45, 2.75) is 13.1 Å². The Balaban J connectivity index is 2.22. The van der Waals surface area contributed by atoms with Crippen molar-refractivity contribution in [3.05, 3.63) is 47.6 Å². The van der Waals surface area contributed by atoms with Gasteiger partial charge in [0, 0.05) is 17.0 Å². The van der Waals surface area contributed by atoms with Gasteiger partial charge in [0.1, 0.15) is 6.54 Å². The lowest BCUT2D eigenvalue weighted by atomic mass is 10.1. The summed E-state index contributed by atoms with van der Waals surface area (Å²) in [6, 6.07) is 5.75. The maximum absolute atomic E-state index is 11.9. The van der Waals surface area contributed by atoms with E-state index in [9.17, 15) is 4.79 Å². The first-order valence-corrected chi connectivity index (χ1v) is 5.98. The molecule has 5 heteroatoms. The molecule has 0 spiro atoms. The predicted octanol–water partition coefficient (Wildman–Crippen LogP) is 2.32. The Hall–Kier alpha value is -2.61. The maximum Gasteiger partial charge on any atom is 0.328 e. The van der Waals surface area contributed by atoms with Crippen LogP contribution < -0.4 is 10.2 Å². The van der Waals surface area contributed by atoms with Gasteiger partial charge in [-0.3, -0.25) is 9.83 Å². The molecule has 2 amide bonds. The molecule has 1 saturated heterocycles. The Morgan fingerprint density at radius 2 is 2.32 bits per heavy atom. The Labute approximate surface area is 110 Å². The fraction of sp³-hybridized carbons (Fsp3) is 0.214. The van der Waals surface area contributed by atoms with Gasteiger partial charge in [0.25, 0.3) is 0 Å². The molecule has 0 bridgehead atoms. The minimum absolute atomic E-state index is 0.239. The van der Waals surface area contributed by atoms with Crippen LogP contribution in [0.25, 0.3) is 15.6 Å². The topological polar surface area (TPSA) is 49.6 Å². The van der Waals surface area contributed by atoms with E-state index in [1.165, 1.54) is 4.90 Å². The minimum Gasteiger partial charge on any atom is -0.327 e. The summed E-state index contributed by atoms with van der Waals surface area (Å²) in [6.45, 7) is 9.54. The van der Waals surface area contributed by atoms with Crippen LogP contribution in [0.2, 0.25) is 0 Å². The quantitative estimate of drug-likeness (QED) is 0.792. The number of benzene rings is 1. The molecular weight excluding hydrogens is 240 g/mol. The van der Waals surface area contributed by atoms with E-state index in [0.717, 1.165) is 16.3 Å². The molecule has 0 radical (unpaired) electrons. The molecule has 94 valence electrons. The number of pyridine rings is 1. The molecule has 0 aliphatic carbocycles. The molecule has 1 N–H and O–H groups in total. The van der Waals surface area contributed by atoms with Crippen LogP contribution in [-0.2, 0) is 0 Å². The molecule has 1 aliphatic rings. The number of hydrogen-bond acceptors (Lipinski definition) is 2. The van der Waals surface area contributed by atoms with E-state index in [1.54, 1.807) is 12.4 Å². The third kappa shape index (κ3) is 1.78. The van der Waals surface area contributed by atoms with Crippen molar-refractivity contribution in [3.63, 3.8) is 0 Å². The van der Waals surface area contributed by atoms with Crippen molar-refractivity contribution < 1.29 is 4.79 Å². The molecule has 2 aromatic rings. The van der Waals surface area contributed by atoms with Crippen molar-refractivity contribution in [1.29, 1.82) is 0 Å². The van der Waals surface area contributed by atoms with Gasteiger partial charge in [-0.1, -0.05) is 17.7 Å². The lowest BCUT2D eigenvalue weighted by Gasteiger charge is -2.16. The lowest BCUT2D eigenvalue weighted by Crippen LogP contribution is -2.32. The Morgan fingerprint density at radius 1 is 1.47 bits per heavy atom. The van der Waals surface area contributed by atoms with Gasteiger partial charge in [-0.2, -0.15) is 0 Å². The fourth-order valence-corrected chi connectivity index (χ4v) is 2.32. The molecule has 1 atom stereocenters. The van der Waals surface area contributed by atoms with Gasteiger partial charge in [-0.05, 0) is 13.0 Å². The second kappa shape index (κ2) is 4.25. The van der Waals surface area contributed by atoms with Crippen LogP contribution in [0.4, 0.5) is 10.5 Å². The van der Waals surface area contributed by atoms with Crippen molar-refractivity contribution in [2.75, 3.05) is 11.4 Å². The third-order valence-corrected chi connectivity index (χ3v) is 3.26. The zero-order chi connectivity index (χ0) is 13.4. The Kier molecular flexibility index (Phi) is 2.57. The Bertz CT molecular complexity index is 704. The van der Waals surface area contributed by atoms with Crippen molar-refractivity contribution in [1.82, 2.24) is 10.3 Å². The number of amides is 2. The highest BCUT2D eigenvalue weighted by atomic mass is 16.2. The summed E-state index contributed by atoms with van der Waals surface area (Å²) in [7, 11) is 0. The summed E-state index contributed by atoms with van der Waals surface area (Å²) in [4.78, 5) is 21.1. The van der Waals surface area contributed by atoms with E-state index < -0.39 is 6.17 Å². The monoisotopic (exact) mass is 252 g/mol. The average molecular weight is 252 g/mol. The third-order valence-electron chi connectivity index (χ3n) is 3.26. The van der Waals surface area contributed by atoms with E-state index in [2.05, 4.69) is 15.1 Å². The number of rotatable bonds is 1. The van der Waals surface area contributed by atoms with Gasteiger partial charge in [0.2, 0.25) is 0 Å². The van der Waals surface area contributed by atoms with Crippen LogP contribution in [0.1, 0.15) is 5.56 Å². The average Bonchev–Trinajstić information content (AvgIpc) is 2.79. The van der Waals surface area contributed by atoms with Gasteiger partial charge in [0.15, 0.2) is 0 Å². The smallest absolute Gasteiger partial charge is 0.327 e. The number of urea groups is 1. The highest BCUT2D eigenvalue weighted by molar-refractivity contribution is 6.04. The number of carbonyl (C=O) groups is 1. The van der Waals surface area contributed by atoms with Crippen LogP contribution in [0.5, 0.6) is 0 Å². The maximum atomic E-state index is 11.9. The second-order valence-corrected chi connectivity index (χ2v) is 4.55. The largest absolute Gasteiger partial charge is 0.328 e. The van der Waals surface area contributed by atoms with Gasteiger partial charge in [-0.25, -0.2) is 16.3 Å². The Morgan fingerprint density at radius 3 is 3.11 bits per heavy atom. The molecule has 1 unspecified atom stereocenters. The first kappa shape index (κ1) is 11.5. The number of carbonyl (C=O) groups excluding carboxylic acids is 1. The molecule has 1 aromatic carbocycles. The standard InChI is InChI=1S/C14H12N4O/c1-9-3-4-10-6-16-7-12(11(10)5-9)18-13(15-2)8-17-14(18)19/h3-7,13H,8H2,1H3,(H,17,19). The van der Waals surface area contributed by atoms with E-state index >= 15 is 0 Å². The molecule has 0 saturated carbocycles. The number of hydrogen-bond donors (Lipinski definition) is 1. The van der Waals surface area contributed by atoms with Crippen molar-refractivity contribution >= 4 is 22.5 Å². The van der Waals surface area contributed by atoms with E-state index in [4.69, 9.17) is 6.57 Å². The fourth-order valence-electron chi connectivity index (χ4n) is 2.32. The zero-order valence-electron chi connectivity index (χ0n) is 10.4. The summed E-state index contributed by atoms with van der Waals surface area (Å²) in [5.41, 5.74) is 1.80. The zero-order valence-corrected chi connectivity index (χ0v) is 10.4. The van der Waals surface area contributed by atoms with E-state index in [0.29, 0.717) is 12.2 Å². The molecule has 1 aromatic heterocycles. The number of nitrogens with one attached hydrogen (secondary N) is 1. The number of nitrogens with zero attached hydrogens (tertiary/aromatic N) is 3. The van der Waals surface area contributed by atoms with Crippen LogP contribution in [0, 0.1) is 13.5 Å².